The van der Waals surface area contributed by atoms with Crippen molar-refractivity contribution in [3.05, 3.63) is 35.8 Å². The van der Waals surface area contributed by atoms with Crippen LogP contribution in [0.3, 0.4) is 0 Å². The molecule has 0 radical (unpaired) electrons. The lowest BCUT2D eigenvalue weighted by Gasteiger charge is -2.15. The zero-order valence-electron chi connectivity index (χ0n) is 12.0. The van der Waals surface area contributed by atoms with E-state index in [-0.39, 0.29) is 0 Å². The van der Waals surface area contributed by atoms with Crippen molar-refractivity contribution in [3.8, 4) is 0 Å². The lowest BCUT2D eigenvalue weighted by Crippen LogP contribution is -2.24. The number of hydrogen-bond donors (Lipinski definition) is 1. The molecule has 0 aromatic carbocycles. The summed E-state index contributed by atoms with van der Waals surface area (Å²) in [6, 6.07) is 0.301. The fourth-order valence-electron chi connectivity index (χ4n) is 2.69. The number of hydrogen-bond acceptors (Lipinski definition) is 5. The van der Waals surface area contributed by atoms with Crippen LogP contribution in [0.4, 0.5) is 0 Å². The minimum atomic E-state index is -0.434. The molecular formula is C14H19N5O2. The summed E-state index contributed by atoms with van der Waals surface area (Å²) >= 11 is 0. The van der Waals surface area contributed by atoms with Crippen molar-refractivity contribution in [1.29, 1.82) is 0 Å². The van der Waals surface area contributed by atoms with E-state index in [1.165, 1.54) is 6.20 Å². The molecule has 1 saturated heterocycles. The first-order chi connectivity index (χ1) is 10.1. The maximum atomic E-state index is 11.1. The molecule has 3 heterocycles. The number of primary amides is 1. The van der Waals surface area contributed by atoms with Gasteiger partial charge in [0.15, 0.2) is 5.89 Å². The monoisotopic (exact) mass is 289 g/mol. The van der Waals surface area contributed by atoms with Crippen LogP contribution < -0.4 is 5.73 Å². The van der Waals surface area contributed by atoms with Gasteiger partial charge in [-0.3, -0.25) is 9.48 Å². The van der Waals surface area contributed by atoms with Crippen molar-refractivity contribution in [2.45, 2.75) is 25.8 Å². The highest BCUT2D eigenvalue weighted by atomic mass is 16.4. The molecule has 2 aromatic rings. The molecule has 1 aliphatic rings. The van der Waals surface area contributed by atoms with E-state index in [0.29, 0.717) is 17.5 Å². The number of aryl methyl sites for hydroxylation is 1. The minimum absolute atomic E-state index is 0.301. The van der Waals surface area contributed by atoms with Crippen LogP contribution in [0.1, 0.15) is 34.5 Å². The summed E-state index contributed by atoms with van der Waals surface area (Å²) in [6.07, 6.45) is 6.93. The fraction of sp³-hybridized carbons (Fsp3) is 0.500. The summed E-state index contributed by atoms with van der Waals surface area (Å²) in [4.78, 5) is 17.6. The molecule has 2 N–H and O–H groups in total. The van der Waals surface area contributed by atoms with Crippen LogP contribution in [0.25, 0.3) is 0 Å². The Morgan fingerprint density at radius 3 is 3.05 bits per heavy atom. The van der Waals surface area contributed by atoms with Gasteiger partial charge in [0.05, 0.1) is 24.0 Å². The molecule has 2 aromatic heterocycles. The van der Waals surface area contributed by atoms with Gasteiger partial charge in [0.2, 0.25) is 0 Å². The van der Waals surface area contributed by atoms with Crippen LogP contribution in [-0.2, 0) is 6.42 Å². The van der Waals surface area contributed by atoms with Crippen LogP contribution in [0.2, 0.25) is 0 Å². The number of amides is 1. The third kappa shape index (κ3) is 3.13. The van der Waals surface area contributed by atoms with Crippen LogP contribution in [-0.4, -0.2) is 45.2 Å². The van der Waals surface area contributed by atoms with Crippen LogP contribution in [0.15, 0.2) is 23.0 Å². The Morgan fingerprint density at radius 2 is 2.38 bits per heavy atom. The topological polar surface area (TPSA) is 90.2 Å². The molecule has 0 bridgehead atoms. The van der Waals surface area contributed by atoms with Gasteiger partial charge in [-0.1, -0.05) is 0 Å². The second-order valence-corrected chi connectivity index (χ2v) is 5.41. The molecule has 112 valence electrons. The smallest absolute Gasteiger partial charge is 0.251 e. The number of rotatable bonds is 5. The molecule has 0 saturated carbocycles. The predicted molar refractivity (Wildman–Crippen MR) is 75.8 cm³/mol. The summed E-state index contributed by atoms with van der Waals surface area (Å²) in [5.41, 5.74) is 5.71. The van der Waals surface area contributed by atoms with E-state index in [0.717, 1.165) is 38.2 Å². The van der Waals surface area contributed by atoms with Crippen LogP contribution in [0, 0.1) is 6.92 Å². The molecule has 1 amide bonds. The van der Waals surface area contributed by atoms with Crippen molar-refractivity contribution >= 4 is 5.91 Å². The maximum absolute atomic E-state index is 11.1. The summed E-state index contributed by atoms with van der Waals surface area (Å²) in [7, 11) is 0. The molecule has 21 heavy (non-hydrogen) atoms. The molecule has 3 rings (SSSR count). The van der Waals surface area contributed by atoms with Crippen LogP contribution >= 0.6 is 0 Å². The standard InChI is InChI=1S/C14H19N5O2/c1-10-16-7-13(21-10)3-5-18-4-2-12(9-18)19-8-11(6-17-19)14(15)20/h6-8,12H,2-5,9H2,1H3,(H2,15,20). The second-order valence-electron chi connectivity index (χ2n) is 5.41. The summed E-state index contributed by atoms with van der Waals surface area (Å²) < 4.78 is 7.32. The Balaban J connectivity index is 1.53. The van der Waals surface area contributed by atoms with Gasteiger partial charge < -0.3 is 15.1 Å². The molecule has 0 aliphatic carbocycles. The third-order valence-corrected chi connectivity index (χ3v) is 3.85. The Labute approximate surface area is 122 Å². The minimum Gasteiger partial charge on any atom is -0.446 e. The Kier molecular flexibility index (Phi) is 3.74. The Morgan fingerprint density at radius 1 is 1.52 bits per heavy atom. The SMILES string of the molecule is Cc1ncc(CCN2CCC(n3cc(C(N)=O)cn3)C2)o1. The largest absolute Gasteiger partial charge is 0.446 e. The predicted octanol–water partition coefficient (Wildman–Crippen LogP) is 0.768. The zero-order valence-corrected chi connectivity index (χ0v) is 12.0. The number of aromatic nitrogens is 3. The van der Waals surface area contributed by atoms with Gasteiger partial charge in [0.25, 0.3) is 5.91 Å². The van der Waals surface area contributed by atoms with Crippen molar-refractivity contribution in [2.24, 2.45) is 5.73 Å². The van der Waals surface area contributed by atoms with Gasteiger partial charge in [0.1, 0.15) is 5.76 Å². The number of likely N-dealkylation sites (tertiary alicyclic amines) is 1. The maximum Gasteiger partial charge on any atom is 0.251 e. The third-order valence-electron chi connectivity index (χ3n) is 3.85. The van der Waals surface area contributed by atoms with Gasteiger partial charge in [-0.05, 0) is 6.42 Å². The number of carbonyl (C=O) groups excluding carboxylic acids is 1. The Bertz CT molecular complexity index is 633. The van der Waals surface area contributed by atoms with Gasteiger partial charge in [-0.2, -0.15) is 5.10 Å². The summed E-state index contributed by atoms with van der Waals surface area (Å²) in [5.74, 6) is 1.20. The van der Waals surface area contributed by atoms with Gasteiger partial charge >= 0.3 is 0 Å². The fourth-order valence-corrected chi connectivity index (χ4v) is 2.69. The molecule has 7 nitrogen and oxygen atoms in total. The highest BCUT2D eigenvalue weighted by Crippen LogP contribution is 2.21. The van der Waals surface area contributed by atoms with E-state index in [1.54, 1.807) is 12.4 Å². The van der Waals surface area contributed by atoms with Gasteiger partial charge in [-0.25, -0.2) is 4.98 Å². The van der Waals surface area contributed by atoms with Crippen molar-refractivity contribution in [1.82, 2.24) is 19.7 Å². The average molecular weight is 289 g/mol. The van der Waals surface area contributed by atoms with Crippen molar-refractivity contribution < 1.29 is 9.21 Å². The van der Waals surface area contributed by atoms with Gasteiger partial charge in [0, 0.05) is 39.2 Å². The molecule has 1 unspecified atom stereocenters. The highest BCUT2D eigenvalue weighted by Gasteiger charge is 2.24. The van der Waals surface area contributed by atoms with Gasteiger partial charge in [-0.15, -0.1) is 0 Å². The number of oxazole rings is 1. The number of nitrogens with two attached hydrogens (primary N) is 1. The van der Waals surface area contributed by atoms with E-state index in [9.17, 15) is 4.79 Å². The van der Waals surface area contributed by atoms with E-state index < -0.39 is 5.91 Å². The Hall–Kier alpha value is -2.15. The van der Waals surface area contributed by atoms with E-state index >= 15 is 0 Å². The van der Waals surface area contributed by atoms with Crippen LogP contribution in [0.5, 0.6) is 0 Å². The normalized spacial score (nSPS) is 19.2. The average Bonchev–Trinajstić information content (AvgIpc) is 3.16. The summed E-state index contributed by atoms with van der Waals surface area (Å²) in [5, 5.41) is 4.24. The van der Waals surface area contributed by atoms with Crippen molar-refractivity contribution in [2.75, 3.05) is 19.6 Å². The van der Waals surface area contributed by atoms with E-state index in [4.69, 9.17) is 10.2 Å². The molecule has 1 aliphatic heterocycles. The lowest BCUT2D eigenvalue weighted by molar-refractivity contribution is 0.1000. The lowest BCUT2D eigenvalue weighted by atomic mass is 10.2. The highest BCUT2D eigenvalue weighted by molar-refractivity contribution is 5.92. The first kappa shape index (κ1) is 13.8. The summed E-state index contributed by atoms with van der Waals surface area (Å²) in [6.45, 7) is 4.73. The second kappa shape index (κ2) is 5.69. The molecule has 1 fully saturated rings. The quantitative estimate of drug-likeness (QED) is 0.878. The zero-order chi connectivity index (χ0) is 14.8. The first-order valence-corrected chi connectivity index (χ1v) is 7.09. The number of carbonyl (C=O) groups is 1. The van der Waals surface area contributed by atoms with E-state index in [2.05, 4.69) is 15.0 Å². The molecule has 0 spiro atoms. The van der Waals surface area contributed by atoms with Crippen molar-refractivity contribution in [3.63, 3.8) is 0 Å². The molecule has 1 atom stereocenters. The molecule has 7 heteroatoms. The van der Waals surface area contributed by atoms with E-state index in [1.807, 2.05) is 11.6 Å². The molecular weight excluding hydrogens is 270 g/mol. The number of nitrogens with zero attached hydrogens (tertiary/aromatic N) is 4. The first-order valence-electron chi connectivity index (χ1n) is 7.09.